The third-order valence-corrected chi connectivity index (χ3v) is 4.84. The van der Waals surface area contributed by atoms with E-state index in [0.29, 0.717) is 19.0 Å². The highest BCUT2D eigenvalue weighted by molar-refractivity contribution is 7.80. The first-order valence-electron chi connectivity index (χ1n) is 8.14. The van der Waals surface area contributed by atoms with Gasteiger partial charge in [0.05, 0.1) is 0 Å². The Morgan fingerprint density at radius 3 is 2.78 bits per heavy atom. The topological polar surface area (TPSA) is 44.4 Å². The van der Waals surface area contributed by atoms with Gasteiger partial charge in [0.1, 0.15) is 0 Å². The maximum atomic E-state index is 12.3. The minimum absolute atomic E-state index is 0.0218. The van der Waals surface area contributed by atoms with Crippen LogP contribution >= 0.6 is 12.2 Å². The number of nitrogens with zero attached hydrogens (tertiary/aromatic N) is 1. The number of hydrogen-bond donors (Lipinski definition) is 2. The number of thiocarbonyl (C=S) groups is 1. The van der Waals surface area contributed by atoms with Gasteiger partial charge in [0.15, 0.2) is 5.11 Å². The number of amides is 1. The lowest BCUT2D eigenvalue weighted by molar-refractivity contribution is -0.116. The predicted octanol–water partition coefficient (Wildman–Crippen LogP) is 3.38. The van der Waals surface area contributed by atoms with Gasteiger partial charge in [-0.2, -0.15) is 0 Å². The van der Waals surface area contributed by atoms with Crippen molar-refractivity contribution in [1.82, 2.24) is 10.2 Å². The van der Waals surface area contributed by atoms with E-state index in [2.05, 4.69) is 36.3 Å². The number of carbonyl (C=O) groups is 1. The Balaban J connectivity index is 1.92. The van der Waals surface area contributed by atoms with Gasteiger partial charge in [0.25, 0.3) is 0 Å². The number of benzene rings is 1. The molecule has 1 aliphatic rings. The summed E-state index contributed by atoms with van der Waals surface area (Å²) in [6.07, 6.45) is 1.44. The number of aryl methyl sites for hydroxylation is 1. The number of carbonyl (C=O) groups excluding carboxylic acids is 1. The zero-order valence-corrected chi connectivity index (χ0v) is 15.5. The Morgan fingerprint density at radius 2 is 2.13 bits per heavy atom. The van der Waals surface area contributed by atoms with E-state index in [-0.39, 0.29) is 11.4 Å². The Labute approximate surface area is 144 Å². The number of rotatable bonds is 4. The first-order valence-corrected chi connectivity index (χ1v) is 8.55. The zero-order valence-electron chi connectivity index (χ0n) is 14.7. The molecule has 1 unspecified atom stereocenters. The summed E-state index contributed by atoms with van der Waals surface area (Å²) in [5.41, 5.74) is 3.21. The standard InChI is InChI=1S/C18H27N3OS/c1-12-7-6-8-15(14(12)3)19-16(22)9-10-21-13(2)11-18(4,5)20-17(21)23/h6-8,13H,9-11H2,1-5H3,(H,19,22)(H,20,23). The van der Waals surface area contributed by atoms with E-state index in [4.69, 9.17) is 12.2 Å². The van der Waals surface area contributed by atoms with Crippen molar-refractivity contribution in [2.75, 3.05) is 11.9 Å². The molecule has 2 rings (SSSR count). The fourth-order valence-electron chi connectivity index (χ4n) is 3.10. The lowest BCUT2D eigenvalue weighted by Gasteiger charge is -2.44. The minimum Gasteiger partial charge on any atom is -0.358 e. The molecule has 2 N–H and O–H groups in total. The highest BCUT2D eigenvalue weighted by atomic mass is 32.1. The van der Waals surface area contributed by atoms with Crippen LogP contribution in [0.4, 0.5) is 5.69 Å². The molecule has 1 amide bonds. The molecule has 0 aromatic heterocycles. The largest absolute Gasteiger partial charge is 0.358 e. The summed E-state index contributed by atoms with van der Waals surface area (Å²) in [4.78, 5) is 14.4. The second-order valence-corrected chi connectivity index (χ2v) is 7.49. The van der Waals surface area contributed by atoms with E-state index in [0.717, 1.165) is 22.8 Å². The summed E-state index contributed by atoms with van der Waals surface area (Å²) < 4.78 is 0. The van der Waals surface area contributed by atoms with Crippen molar-refractivity contribution in [1.29, 1.82) is 0 Å². The minimum atomic E-state index is 0.0218. The van der Waals surface area contributed by atoms with Crippen LogP contribution in [0.5, 0.6) is 0 Å². The quantitative estimate of drug-likeness (QED) is 0.829. The van der Waals surface area contributed by atoms with E-state index in [1.807, 2.05) is 32.0 Å². The molecule has 1 aliphatic heterocycles. The lowest BCUT2D eigenvalue weighted by atomic mass is 9.93. The Kier molecular flexibility index (Phi) is 5.30. The van der Waals surface area contributed by atoms with E-state index in [1.54, 1.807) is 0 Å². The predicted molar refractivity (Wildman–Crippen MR) is 99.8 cm³/mol. The monoisotopic (exact) mass is 333 g/mol. The van der Waals surface area contributed by atoms with E-state index in [1.165, 1.54) is 5.56 Å². The molecule has 0 spiro atoms. The average molecular weight is 334 g/mol. The van der Waals surface area contributed by atoms with Crippen LogP contribution in [0, 0.1) is 13.8 Å². The molecule has 1 saturated heterocycles. The Bertz CT molecular complexity index is 612. The summed E-state index contributed by atoms with van der Waals surface area (Å²) in [5, 5.41) is 7.10. The number of nitrogens with one attached hydrogen (secondary N) is 2. The van der Waals surface area contributed by atoms with Gasteiger partial charge >= 0.3 is 0 Å². The summed E-state index contributed by atoms with van der Waals surface area (Å²) in [7, 11) is 0. The van der Waals surface area contributed by atoms with E-state index in [9.17, 15) is 4.79 Å². The Hall–Kier alpha value is -1.62. The van der Waals surface area contributed by atoms with Crippen molar-refractivity contribution in [3.8, 4) is 0 Å². The first kappa shape index (κ1) is 17.7. The third-order valence-electron chi connectivity index (χ3n) is 4.50. The molecule has 1 heterocycles. The highest BCUT2D eigenvalue weighted by Crippen LogP contribution is 2.22. The van der Waals surface area contributed by atoms with Crippen molar-refractivity contribution in [2.45, 2.75) is 59.0 Å². The molecular weight excluding hydrogens is 306 g/mol. The van der Waals surface area contributed by atoms with Gasteiger partial charge in [-0.25, -0.2) is 0 Å². The van der Waals surface area contributed by atoms with Crippen LogP contribution in [-0.4, -0.2) is 34.0 Å². The molecule has 126 valence electrons. The molecule has 1 aromatic rings. The lowest BCUT2D eigenvalue weighted by Crippen LogP contribution is -2.60. The molecule has 5 heteroatoms. The van der Waals surface area contributed by atoms with Gasteiger partial charge in [0.2, 0.25) is 5.91 Å². The second-order valence-electron chi connectivity index (χ2n) is 7.11. The first-order chi connectivity index (χ1) is 10.7. The maximum Gasteiger partial charge on any atom is 0.226 e. The summed E-state index contributed by atoms with van der Waals surface area (Å²) in [6.45, 7) is 11.2. The fourth-order valence-corrected chi connectivity index (χ4v) is 3.65. The summed E-state index contributed by atoms with van der Waals surface area (Å²) in [5.74, 6) is 0.0264. The van der Waals surface area contributed by atoms with Crippen molar-refractivity contribution in [3.05, 3.63) is 29.3 Å². The highest BCUT2D eigenvalue weighted by Gasteiger charge is 2.32. The molecule has 0 aliphatic carbocycles. The van der Waals surface area contributed by atoms with Crippen LogP contribution in [0.1, 0.15) is 44.7 Å². The average Bonchev–Trinajstić information content (AvgIpc) is 2.41. The van der Waals surface area contributed by atoms with Crippen LogP contribution in [0.3, 0.4) is 0 Å². The Morgan fingerprint density at radius 1 is 1.43 bits per heavy atom. The van der Waals surface area contributed by atoms with Crippen molar-refractivity contribution in [3.63, 3.8) is 0 Å². The third kappa shape index (κ3) is 4.44. The molecule has 0 radical (unpaired) electrons. The normalized spacial score (nSPS) is 20.1. The molecule has 0 saturated carbocycles. The van der Waals surface area contributed by atoms with Gasteiger partial charge in [-0.1, -0.05) is 12.1 Å². The van der Waals surface area contributed by atoms with E-state index >= 15 is 0 Å². The van der Waals surface area contributed by atoms with Crippen molar-refractivity contribution in [2.24, 2.45) is 0 Å². The molecule has 0 bridgehead atoms. The van der Waals surface area contributed by atoms with Crippen LogP contribution in [0.15, 0.2) is 18.2 Å². The molecule has 1 atom stereocenters. The van der Waals surface area contributed by atoms with Crippen molar-refractivity contribution >= 4 is 28.9 Å². The van der Waals surface area contributed by atoms with Gasteiger partial charge < -0.3 is 15.5 Å². The molecule has 4 nitrogen and oxygen atoms in total. The molecule has 23 heavy (non-hydrogen) atoms. The smallest absolute Gasteiger partial charge is 0.226 e. The SMILES string of the molecule is Cc1cccc(NC(=O)CCN2C(=S)NC(C)(C)CC2C)c1C. The zero-order chi connectivity index (χ0) is 17.2. The molecular formula is C18H27N3OS. The van der Waals surface area contributed by atoms with Crippen LogP contribution in [0.2, 0.25) is 0 Å². The van der Waals surface area contributed by atoms with Crippen LogP contribution in [0.25, 0.3) is 0 Å². The number of anilines is 1. The molecule has 1 aromatic carbocycles. The van der Waals surface area contributed by atoms with Gasteiger partial charge in [-0.15, -0.1) is 0 Å². The van der Waals surface area contributed by atoms with Gasteiger partial charge in [-0.3, -0.25) is 4.79 Å². The fraction of sp³-hybridized carbons (Fsp3) is 0.556. The van der Waals surface area contributed by atoms with Crippen LogP contribution in [-0.2, 0) is 4.79 Å². The van der Waals surface area contributed by atoms with Crippen LogP contribution < -0.4 is 10.6 Å². The summed E-state index contributed by atoms with van der Waals surface area (Å²) >= 11 is 5.46. The maximum absolute atomic E-state index is 12.3. The van der Waals surface area contributed by atoms with Gasteiger partial charge in [0, 0.05) is 30.2 Å². The second kappa shape index (κ2) is 6.87. The van der Waals surface area contributed by atoms with Gasteiger partial charge in [-0.05, 0) is 70.5 Å². The molecule has 1 fully saturated rings. The van der Waals surface area contributed by atoms with E-state index < -0.39 is 0 Å². The van der Waals surface area contributed by atoms with Crippen molar-refractivity contribution < 1.29 is 4.79 Å². The summed E-state index contributed by atoms with van der Waals surface area (Å²) in [6, 6.07) is 6.29. The number of hydrogen-bond acceptors (Lipinski definition) is 2.